The highest BCUT2D eigenvalue weighted by Crippen LogP contribution is 2.30. The van der Waals surface area contributed by atoms with E-state index in [4.69, 9.17) is 5.73 Å². The van der Waals surface area contributed by atoms with E-state index in [1.807, 2.05) is 24.5 Å². The third-order valence-electron chi connectivity index (χ3n) is 2.67. The van der Waals surface area contributed by atoms with Crippen LogP contribution < -0.4 is 5.73 Å². The van der Waals surface area contributed by atoms with Gasteiger partial charge in [0.25, 0.3) is 0 Å². The minimum Gasteiger partial charge on any atom is -0.378 e. The van der Waals surface area contributed by atoms with Crippen molar-refractivity contribution in [2.24, 2.45) is 10.7 Å². The summed E-state index contributed by atoms with van der Waals surface area (Å²) in [5.74, 6) is 0. The normalized spacial score (nSPS) is 10.9. The zero-order chi connectivity index (χ0) is 13.0. The number of aryl methyl sites for hydroxylation is 1. The summed E-state index contributed by atoms with van der Waals surface area (Å²) in [4.78, 5) is 4.44. The fourth-order valence-electron chi connectivity index (χ4n) is 1.79. The predicted molar refractivity (Wildman–Crippen MR) is 96.8 cm³/mol. The fourth-order valence-corrected chi connectivity index (χ4v) is 1.98. The SMILES string of the molecule is CSC(N)=Nc1ccccc1-c1cccc(C)c1.I. The average Bonchev–Trinajstić information content (AvgIpc) is 2.39. The first kappa shape index (κ1) is 16.0. The number of hydrogen-bond donors (Lipinski definition) is 1. The summed E-state index contributed by atoms with van der Waals surface area (Å²) in [5, 5.41) is 0.579. The zero-order valence-corrected chi connectivity index (χ0v) is 14.1. The quantitative estimate of drug-likeness (QED) is 0.467. The Kier molecular flexibility index (Phi) is 6.37. The van der Waals surface area contributed by atoms with Gasteiger partial charge >= 0.3 is 0 Å². The van der Waals surface area contributed by atoms with Crippen LogP contribution in [0.5, 0.6) is 0 Å². The van der Waals surface area contributed by atoms with Crippen LogP contribution in [0.4, 0.5) is 5.69 Å². The Morgan fingerprint density at radius 3 is 2.53 bits per heavy atom. The van der Waals surface area contributed by atoms with E-state index in [0.717, 1.165) is 11.3 Å². The molecule has 0 saturated carbocycles. The van der Waals surface area contributed by atoms with Crippen LogP contribution in [0.25, 0.3) is 11.1 Å². The highest BCUT2D eigenvalue weighted by atomic mass is 127. The molecule has 0 atom stereocenters. The molecule has 2 nitrogen and oxygen atoms in total. The number of benzene rings is 2. The predicted octanol–water partition coefficient (Wildman–Crippen LogP) is 4.59. The topological polar surface area (TPSA) is 38.4 Å². The molecule has 0 bridgehead atoms. The molecule has 0 radical (unpaired) electrons. The first-order chi connectivity index (χ1) is 8.70. The molecule has 0 fully saturated rings. The van der Waals surface area contributed by atoms with Gasteiger partial charge in [-0.3, -0.25) is 0 Å². The molecule has 0 aromatic heterocycles. The summed E-state index contributed by atoms with van der Waals surface area (Å²) in [6.07, 6.45) is 1.92. The van der Waals surface area contributed by atoms with Crippen molar-refractivity contribution in [3.63, 3.8) is 0 Å². The lowest BCUT2D eigenvalue weighted by molar-refractivity contribution is 1.45. The first-order valence-electron chi connectivity index (χ1n) is 5.75. The van der Waals surface area contributed by atoms with E-state index in [9.17, 15) is 0 Å². The zero-order valence-electron chi connectivity index (χ0n) is 11.0. The van der Waals surface area contributed by atoms with Gasteiger partial charge in [0.2, 0.25) is 0 Å². The second-order valence-corrected chi connectivity index (χ2v) is 4.87. The molecular weight excluding hydrogens is 367 g/mol. The maximum atomic E-state index is 5.79. The molecule has 0 amide bonds. The van der Waals surface area contributed by atoms with Gasteiger partial charge < -0.3 is 5.73 Å². The highest BCUT2D eigenvalue weighted by Gasteiger charge is 2.04. The van der Waals surface area contributed by atoms with E-state index in [-0.39, 0.29) is 24.0 Å². The van der Waals surface area contributed by atoms with Gasteiger partial charge in [0.05, 0.1) is 5.69 Å². The first-order valence-corrected chi connectivity index (χ1v) is 6.97. The van der Waals surface area contributed by atoms with Crippen molar-refractivity contribution in [1.29, 1.82) is 0 Å². The Hall–Kier alpha value is -1.01. The molecule has 4 heteroatoms. The van der Waals surface area contributed by atoms with Crippen molar-refractivity contribution in [3.05, 3.63) is 54.1 Å². The second kappa shape index (κ2) is 7.55. The van der Waals surface area contributed by atoms with Crippen LogP contribution >= 0.6 is 35.7 Å². The Morgan fingerprint density at radius 2 is 1.84 bits per heavy atom. The molecule has 0 spiro atoms. The minimum absolute atomic E-state index is 0. The van der Waals surface area contributed by atoms with Crippen LogP contribution in [0.1, 0.15) is 5.56 Å². The highest BCUT2D eigenvalue weighted by molar-refractivity contribution is 14.0. The molecule has 2 aromatic carbocycles. The Labute approximate surface area is 135 Å². The molecule has 0 aliphatic carbocycles. The van der Waals surface area contributed by atoms with E-state index in [2.05, 4.69) is 42.2 Å². The number of thioether (sulfide) groups is 1. The third-order valence-corrected chi connectivity index (χ3v) is 3.18. The van der Waals surface area contributed by atoms with Crippen molar-refractivity contribution in [1.82, 2.24) is 0 Å². The summed E-state index contributed by atoms with van der Waals surface area (Å²) in [5.41, 5.74) is 10.2. The third kappa shape index (κ3) is 4.24. The van der Waals surface area contributed by atoms with Gasteiger partial charge in [-0.2, -0.15) is 0 Å². The number of amidine groups is 1. The lowest BCUT2D eigenvalue weighted by atomic mass is 10.0. The van der Waals surface area contributed by atoms with E-state index < -0.39 is 0 Å². The minimum atomic E-state index is 0. The van der Waals surface area contributed by atoms with Gasteiger partial charge in [0.1, 0.15) is 0 Å². The number of hydrogen-bond acceptors (Lipinski definition) is 2. The number of nitrogens with two attached hydrogens (primary N) is 1. The number of rotatable bonds is 2. The lowest BCUT2D eigenvalue weighted by Gasteiger charge is -2.07. The standard InChI is InChI=1S/C15H16N2S.HI/c1-11-6-5-7-12(10-11)13-8-3-4-9-14(13)17-15(16)18-2;/h3-10H,1-2H3,(H2,16,17);1H. The summed E-state index contributed by atoms with van der Waals surface area (Å²) >= 11 is 1.45. The summed E-state index contributed by atoms with van der Waals surface area (Å²) in [6.45, 7) is 2.09. The summed E-state index contributed by atoms with van der Waals surface area (Å²) < 4.78 is 0. The molecule has 2 aromatic rings. The summed E-state index contributed by atoms with van der Waals surface area (Å²) in [6, 6.07) is 16.5. The van der Waals surface area contributed by atoms with Gasteiger partial charge in [-0.15, -0.1) is 24.0 Å². The average molecular weight is 384 g/mol. The van der Waals surface area contributed by atoms with Gasteiger partial charge in [-0.25, -0.2) is 4.99 Å². The van der Waals surface area contributed by atoms with Gasteiger partial charge in [0.15, 0.2) is 5.17 Å². The maximum absolute atomic E-state index is 5.79. The number of aliphatic imine (C=N–C) groups is 1. The van der Waals surface area contributed by atoms with Crippen LogP contribution in [-0.4, -0.2) is 11.4 Å². The lowest BCUT2D eigenvalue weighted by Crippen LogP contribution is -2.04. The monoisotopic (exact) mass is 384 g/mol. The van der Waals surface area contributed by atoms with E-state index >= 15 is 0 Å². The Bertz CT molecular complexity index is 582. The molecule has 0 unspecified atom stereocenters. The van der Waals surface area contributed by atoms with Gasteiger partial charge in [0, 0.05) is 5.56 Å². The molecule has 2 N–H and O–H groups in total. The van der Waals surface area contributed by atoms with Crippen LogP contribution in [0.15, 0.2) is 53.5 Å². The molecule has 100 valence electrons. The molecule has 0 heterocycles. The van der Waals surface area contributed by atoms with Crippen LogP contribution in [0, 0.1) is 6.92 Å². The van der Waals surface area contributed by atoms with Crippen molar-refractivity contribution in [3.8, 4) is 11.1 Å². The van der Waals surface area contributed by atoms with Gasteiger partial charge in [-0.1, -0.05) is 59.8 Å². The van der Waals surface area contributed by atoms with Crippen LogP contribution in [0.3, 0.4) is 0 Å². The number of halogens is 1. The molecule has 2 rings (SSSR count). The van der Waals surface area contributed by atoms with E-state index in [1.54, 1.807) is 0 Å². The smallest absolute Gasteiger partial charge is 0.158 e. The fraction of sp³-hybridized carbons (Fsp3) is 0.133. The van der Waals surface area contributed by atoms with Crippen molar-refractivity contribution < 1.29 is 0 Å². The van der Waals surface area contributed by atoms with Crippen LogP contribution in [0.2, 0.25) is 0 Å². The Morgan fingerprint density at radius 1 is 1.11 bits per heavy atom. The van der Waals surface area contributed by atoms with Crippen molar-refractivity contribution >= 4 is 46.6 Å². The maximum Gasteiger partial charge on any atom is 0.158 e. The molecule has 0 aliphatic rings. The largest absolute Gasteiger partial charge is 0.378 e. The number of para-hydroxylation sites is 1. The van der Waals surface area contributed by atoms with E-state index in [0.29, 0.717) is 5.17 Å². The van der Waals surface area contributed by atoms with Crippen molar-refractivity contribution in [2.75, 3.05) is 6.26 Å². The van der Waals surface area contributed by atoms with Crippen LogP contribution in [-0.2, 0) is 0 Å². The Balaban J connectivity index is 0.00000180. The molecule has 0 aliphatic heterocycles. The van der Waals surface area contributed by atoms with Gasteiger partial charge in [-0.05, 0) is 24.8 Å². The van der Waals surface area contributed by atoms with Crippen molar-refractivity contribution in [2.45, 2.75) is 6.92 Å². The summed E-state index contributed by atoms with van der Waals surface area (Å²) in [7, 11) is 0. The molecule has 0 saturated heterocycles. The van der Waals surface area contributed by atoms with E-state index in [1.165, 1.54) is 22.9 Å². The number of nitrogens with zero attached hydrogens (tertiary/aromatic N) is 1. The molecule has 19 heavy (non-hydrogen) atoms. The second-order valence-electron chi connectivity index (χ2n) is 4.04. The molecular formula is C15H17IN2S.